The smallest absolute Gasteiger partial charge is 0.251 e. The number of fused-ring (bicyclic) bond motifs is 1. The molecule has 1 aromatic rings. The molecule has 116 valence electrons. The Labute approximate surface area is 129 Å². The van der Waals surface area contributed by atoms with E-state index in [0.29, 0.717) is 48.5 Å². The minimum atomic E-state index is -0.118. The van der Waals surface area contributed by atoms with E-state index in [2.05, 4.69) is 10.6 Å². The van der Waals surface area contributed by atoms with E-state index in [4.69, 9.17) is 14.2 Å². The first-order chi connectivity index (χ1) is 9.78. The highest BCUT2D eigenvalue weighted by molar-refractivity contribution is 5.95. The van der Waals surface area contributed by atoms with Gasteiger partial charge in [-0.1, -0.05) is 0 Å². The van der Waals surface area contributed by atoms with Crippen LogP contribution in [0.1, 0.15) is 10.4 Å². The number of ether oxygens (including phenoxy) is 3. The number of halogens is 1. The minimum Gasteiger partial charge on any atom is -0.493 e. The molecule has 21 heavy (non-hydrogen) atoms. The zero-order valence-corrected chi connectivity index (χ0v) is 12.6. The molecular weight excluding hydrogens is 296 g/mol. The SMILES string of the molecule is COc1cc(C(=O)NCC2CNC2)cc2c1OCCO2.Cl. The maximum absolute atomic E-state index is 12.2. The van der Waals surface area contributed by atoms with Gasteiger partial charge in [0, 0.05) is 31.1 Å². The molecule has 0 spiro atoms. The van der Waals surface area contributed by atoms with E-state index in [9.17, 15) is 4.79 Å². The number of hydrogen-bond donors (Lipinski definition) is 2. The normalized spacial score (nSPS) is 16.4. The molecule has 1 aromatic carbocycles. The van der Waals surface area contributed by atoms with E-state index in [-0.39, 0.29) is 18.3 Å². The first-order valence-electron chi connectivity index (χ1n) is 6.74. The Morgan fingerprint density at radius 1 is 1.38 bits per heavy atom. The zero-order chi connectivity index (χ0) is 13.9. The van der Waals surface area contributed by atoms with Gasteiger partial charge < -0.3 is 24.8 Å². The van der Waals surface area contributed by atoms with Gasteiger partial charge >= 0.3 is 0 Å². The Morgan fingerprint density at radius 2 is 2.14 bits per heavy atom. The summed E-state index contributed by atoms with van der Waals surface area (Å²) in [5.74, 6) is 2.06. The van der Waals surface area contributed by atoms with E-state index in [1.165, 1.54) is 0 Å². The van der Waals surface area contributed by atoms with Gasteiger partial charge in [0.1, 0.15) is 13.2 Å². The first kappa shape index (κ1) is 15.7. The molecule has 0 atom stereocenters. The zero-order valence-electron chi connectivity index (χ0n) is 11.8. The number of carbonyl (C=O) groups is 1. The summed E-state index contributed by atoms with van der Waals surface area (Å²) in [6, 6.07) is 3.38. The van der Waals surface area contributed by atoms with Crippen LogP contribution in [0, 0.1) is 5.92 Å². The van der Waals surface area contributed by atoms with Crippen molar-refractivity contribution < 1.29 is 19.0 Å². The molecule has 3 rings (SSSR count). The Hall–Kier alpha value is -1.66. The van der Waals surface area contributed by atoms with Crippen LogP contribution in [0.3, 0.4) is 0 Å². The second-order valence-electron chi connectivity index (χ2n) is 4.94. The third-order valence-electron chi connectivity index (χ3n) is 3.51. The van der Waals surface area contributed by atoms with E-state index in [1.807, 2.05) is 0 Å². The summed E-state index contributed by atoms with van der Waals surface area (Å²) in [6.07, 6.45) is 0. The minimum absolute atomic E-state index is 0. The van der Waals surface area contributed by atoms with Crippen molar-refractivity contribution in [1.82, 2.24) is 10.6 Å². The molecule has 2 heterocycles. The molecule has 1 saturated heterocycles. The molecule has 0 aliphatic carbocycles. The average molecular weight is 315 g/mol. The van der Waals surface area contributed by atoms with Crippen molar-refractivity contribution in [3.63, 3.8) is 0 Å². The number of benzene rings is 1. The second-order valence-corrected chi connectivity index (χ2v) is 4.94. The van der Waals surface area contributed by atoms with Crippen LogP contribution >= 0.6 is 12.4 Å². The lowest BCUT2D eigenvalue weighted by atomic mass is 10.0. The summed E-state index contributed by atoms with van der Waals surface area (Å²) in [7, 11) is 1.55. The Morgan fingerprint density at radius 3 is 2.81 bits per heavy atom. The number of amides is 1. The molecule has 0 aromatic heterocycles. The van der Waals surface area contributed by atoms with Gasteiger partial charge in [0.15, 0.2) is 11.5 Å². The fourth-order valence-corrected chi connectivity index (χ4v) is 2.24. The van der Waals surface area contributed by atoms with Gasteiger partial charge in [0.05, 0.1) is 7.11 Å². The summed E-state index contributed by atoms with van der Waals surface area (Å²) in [4.78, 5) is 12.2. The van der Waals surface area contributed by atoms with Crippen LogP contribution < -0.4 is 24.8 Å². The highest BCUT2D eigenvalue weighted by Crippen LogP contribution is 2.40. The molecule has 2 N–H and O–H groups in total. The van der Waals surface area contributed by atoms with Crippen LogP contribution in [0.15, 0.2) is 12.1 Å². The maximum atomic E-state index is 12.2. The third kappa shape index (κ3) is 3.33. The Kier molecular flexibility index (Phi) is 5.14. The number of carbonyl (C=O) groups excluding carboxylic acids is 1. The lowest BCUT2D eigenvalue weighted by Gasteiger charge is -2.27. The van der Waals surface area contributed by atoms with Crippen molar-refractivity contribution in [2.45, 2.75) is 0 Å². The van der Waals surface area contributed by atoms with Crippen molar-refractivity contribution in [3.8, 4) is 17.2 Å². The van der Waals surface area contributed by atoms with Crippen LogP contribution in [0.4, 0.5) is 0 Å². The van der Waals surface area contributed by atoms with E-state index >= 15 is 0 Å². The van der Waals surface area contributed by atoms with Crippen LogP contribution in [0.5, 0.6) is 17.2 Å². The van der Waals surface area contributed by atoms with Crippen molar-refractivity contribution in [1.29, 1.82) is 0 Å². The van der Waals surface area contributed by atoms with Crippen LogP contribution in [0.25, 0.3) is 0 Å². The standard InChI is InChI=1S/C14H18N2O4.ClH/c1-18-11-4-10(5-12-13(11)20-3-2-19-12)14(17)16-8-9-6-15-7-9;/h4-5,9,15H,2-3,6-8H2,1H3,(H,16,17);1H. The van der Waals surface area contributed by atoms with E-state index < -0.39 is 0 Å². The predicted molar refractivity (Wildman–Crippen MR) is 79.9 cm³/mol. The number of rotatable bonds is 4. The summed E-state index contributed by atoms with van der Waals surface area (Å²) >= 11 is 0. The molecule has 1 amide bonds. The van der Waals surface area contributed by atoms with Crippen molar-refractivity contribution >= 4 is 18.3 Å². The molecule has 0 bridgehead atoms. The van der Waals surface area contributed by atoms with Crippen LogP contribution in [-0.4, -0.2) is 45.9 Å². The van der Waals surface area contributed by atoms with Gasteiger partial charge in [-0.3, -0.25) is 4.79 Å². The van der Waals surface area contributed by atoms with Crippen LogP contribution in [0.2, 0.25) is 0 Å². The molecule has 1 fully saturated rings. The molecule has 2 aliphatic rings. The summed E-state index contributed by atoms with van der Waals surface area (Å²) in [6.45, 7) is 3.58. The Balaban J connectivity index is 0.00000161. The highest BCUT2D eigenvalue weighted by Gasteiger charge is 2.22. The van der Waals surface area contributed by atoms with Crippen LogP contribution in [-0.2, 0) is 0 Å². The third-order valence-corrected chi connectivity index (χ3v) is 3.51. The second kappa shape index (κ2) is 6.87. The highest BCUT2D eigenvalue weighted by atomic mass is 35.5. The quantitative estimate of drug-likeness (QED) is 0.862. The molecular formula is C14H19ClN2O4. The largest absolute Gasteiger partial charge is 0.493 e. The summed E-state index contributed by atoms with van der Waals surface area (Å²) in [5, 5.41) is 6.10. The first-order valence-corrected chi connectivity index (χ1v) is 6.74. The van der Waals surface area contributed by atoms with Gasteiger partial charge in [-0.25, -0.2) is 0 Å². The Bertz CT molecular complexity index is 503. The number of methoxy groups -OCH3 is 1. The fraction of sp³-hybridized carbons (Fsp3) is 0.500. The maximum Gasteiger partial charge on any atom is 0.251 e. The lowest BCUT2D eigenvalue weighted by Crippen LogP contribution is -2.48. The van der Waals surface area contributed by atoms with Crippen molar-refractivity contribution in [2.75, 3.05) is 40.0 Å². The van der Waals surface area contributed by atoms with E-state index in [0.717, 1.165) is 13.1 Å². The number of nitrogens with one attached hydrogen (secondary N) is 2. The van der Waals surface area contributed by atoms with Gasteiger partial charge in [-0.05, 0) is 12.1 Å². The monoisotopic (exact) mass is 314 g/mol. The molecule has 2 aliphatic heterocycles. The van der Waals surface area contributed by atoms with Gasteiger partial charge in [-0.2, -0.15) is 0 Å². The fourth-order valence-electron chi connectivity index (χ4n) is 2.24. The average Bonchev–Trinajstić information content (AvgIpc) is 2.44. The van der Waals surface area contributed by atoms with Crippen molar-refractivity contribution in [2.24, 2.45) is 5.92 Å². The topological polar surface area (TPSA) is 68.8 Å². The summed E-state index contributed by atoms with van der Waals surface area (Å²) in [5.41, 5.74) is 0.526. The van der Waals surface area contributed by atoms with Gasteiger partial charge in [0.25, 0.3) is 5.91 Å². The lowest BCUT2D eigenvalue weighted by molar-refractivity contribution is 0.0940. The molecule has 0 saturated carbocycles. The molecule has 6 nitrogen and oxygen atoms in total. The molecule has 7 heteroatoms. The summed E-state index contributed by atoms with van der Waals surface area (Å²) < 4.78 is 16.3. The van der Waals surface area contributed by atoms with E-state index in [1.54, 1.807) is 19.2 Å². The molecule has 0 radical (unpaired) electrons. The predicted octanol–water partition coefficient (Wildman–Crippen LogP) is 0.837. The van der Waals surface area contributed by atoms with Gasteiger partial charge in [0.2, 0.25) is 5.75 Å². The van der Waals surface area contributed by atoms with Gasteiger partial charge in [-0.15, -0.1) is 12.4 Å². The molecule has 0 unspecified atom stereocenters. The number of hydrogen-bond acceptors (Lipinski definition) is 5. The van der Waals surface area contributed by atoms with Crippen molar-refractivity contribution in [3.05, 3.63) is 17.7 Å².